The number of imidazole rings is 1. The highest BCUT2D eigenvalue weighted by molar-refractivity contribution is 5.97. The van der Waals surface area contributed by atoms with Gasteiger partial charge in [0.15, 0.2) is 0 Å². The van der Waals surface area contributed by atoms with E-state index >= 15 is 0 Å². The van der Waals surface area contributed by atoms with Crippen molar-refractivity contribution in [2.24, 2.45) is 0 Å². The monoisotopic (exact) mass is 368 g/mol. The van der Waals surface area contributed by atoms with Crippen LogP contribution in [0, 0.1) is 26.6 Å². The number of hydrogen-bond acceptors (Lipinski definition) is 5. The highest BCUT2D eigenvalue weighted by atomic mass is 19.1. The van der Waals surface area contributed by atoms with E-state index in [1.165, 1.54) is 13.2 Å². The lowest BCUT2D eigenvalue weighted by molar-refractivity contribution is 0.393. The highest BCUT2D eigenvalue weighted by Gasteiger charge is 2.19. The van der Waals surface area contributed by atoms with Crippen LogP contribution in [0.4, 0.5) is 4.39 Å². The molecular formula is C20H21FN4O2. The predicted octanol–water partition coefficient (Wildman–Crippen LogP) is 4.99. The van der Waals surface area contributed by atoms with Crippen molar-refractivity contribution in [3.63, 3.8) is 0 Å². The average Bonchev–Trinajstić information content (AvgIpc) is 3.15. The first-order valence-electron chi connectivity index (χ1n) is 8.11. The van der Waals surface area contributed by atoms with E-state index in [1.807, 2.05) is 32.9 Å². The van der Waals surface area contributed by atoms with Gasteiger partial charge in [-0.2, -0.15) is 0 Å². The summed E-state index contributed by atoms with van der Waals surface area (Å²) in [5.74, 6) is 1.38. The van der Waals surface area contributed by atoms with Gasteiger partial charge in [0.2, 0.25) is 5.88 Å². The minimum atomic E-state index is -0.441. The number of ether oxygens (including phenoxy) is 1. The van der Waals surface area contributed by atoms with Crippen LogP contribution in [0.2, 0.25) is 0 Å². The molecule has 4 aromatic rings. The largest absolute Gasteiger partial charge is 0.481 e. The maximum absolute atomic E-state index is 13.9. The van der Waals surface area contributed by atoms with Gasteiger partial charge >= 0.3 is 0 Å². The summed E-state index contributed by atoms with van der Waals surface area (Å²) in [6.45, 7) is 5.63. The van der Waals surface area contributed by atoms with E-state index < -0.39 is 5.82 Å². The Bertz CT molecular complexity index is 1110. The number of methoxy groups -OCH3 is 1. The lowest BCUT2D eigenvalue weighted by Gasteiger charge is -2.10. The maximum atomic E-state index is 13.9. The van der Waals surface area contributed by atoms with Gasteiger partial charge in [-0.3, -0.25) is 0 Å². The number of rotatable bonds is 3. The highest BCUT2D eigenvalue weighted by Crippen LogP contribution is 2.38. The number of benzene rings is 1. The second-order valence-electron chi connectivity index (χ2n) is 6.15. The van der Waals surface area contributed by atoms with Crippen LogP contribution in [-0.2, 0) is 0 Å². The number of aryl methyl sites for hydroxylation is 3. The molecule has 0 aliphatic heterocycles. The number of pyridine rings is 1. The first-order chi connectivity index (χ1) is 12.5. The molecular weight excluding hydrogens is 347 g/mol. The number of nitrogens with one attached hydrogen (secondary N) is 1. The first-order valence-corrected chi connectivity index (χ1v) is 8.11. The molecule has 0 fully saturated rings. The second kappa shape index (κ2) is 6.83. The van der Waals surface area contributed by atoms with Gasteiger partial charge in [-0.1, -0.05) is 12.6 Å². The molecule has 6 nitrogen and oxygen atoms in total. The van der Waals surface area contributed by atoms with Crippen LogP contribution < -0.4 is 4.74 Å². The zero-order valence-corrected chi connectivity index (χ0v) is 14.8. The fraction of sp³-hybridized carbons (Fsp3) is 0.250. The third-order valence-electron chi connectivity index (χ3n) is 4.33. The van der Waals surface area contributed by atoms with Gasteiger partial charge < -0.3 is 14.2 Å². The standard InChI is InChI=1S/C19H17FN4O2.CH4/c1-9-17(10(2)26-24-9)12-5-14(18-16(6-12)22-11(3)23-18)15-7-13(20)8-21-19(15)25-4;/h5-8H,1-4H3,(H,22,23);1H4. The predicted molar refractivity (Wildman–Crippen MR) is 102 cm³/mol. The molecule has 0 saturated heterocycles. The Hall–Kier alpha value is -3.22. The molecule has 3 aromatic heterocycles. The Kier molecular flexibility index (Phi) is 4.70. The van der Waals surface area contributed by atoms with Crippen LogP contribution in [0.25, 0.3) is 33.3 Å². The molecule has 1 N–H and O–H groups in total. The van der Waals surface area contributed by atoms with Gasteiger partial charge in [0.05, 0.1) is 30.0 Å². The fourth-order valence-corrected chi connectivity index (χ4v) is 3.27. The molecule has 3 heterocycles. The maximum Gasteiger partial charge on any atom is 0.221 e. The molecule has 0 aliphatic carbocycles. The SMILES string of the molecule is C.COc1ncc(F)cc1-c1cc(-c2c(C)noc2C)cc2[nH]c(C)nc12. The van der Waals surface area contributed by atoms with Crippen molar-refractivity contribution in [1.82, 2.24) is 20.1 Å². The molecule has 0 atom stereocenters. The number of halogens is 1. The van der Waals surface area contributed by atoms with Crippen molar-refractivity contribution in [1.29, 1.82) is 0 Å². The summed E-state index contributed by atoms with van der Waals surface area (Å²) in [7, 11) is 1.51. The molecule has 4 rings (SSSR count). The van der Waals surface area contributed by atoms with Crippen LogP contribution >= 0.6 is 0 Å². The van der Waals surface area contributed by atoms with E-state index in [0.717, 1.165) is 45.4 Å². The van der Waals surface area contributed by atoms with Crippen molar-refractivity contribution in [2.75, 3.05) is 7.11 Å². The molecule has 0 radical (unpaired) electrons. The van der Waals surface area contributed by atoms with Gasteiger partial charge in [0.1, 0.15) is 17.4 Å². The Morgan fingerprint density at radius 2 is 1.89 bits per heavy atom. The quantitative estimate of drug-likeness (QED) is 0.551. The summed E-state index contributed by atoms with van der Waals surface area (Å²) in [6, 6.07) is 5.33. The van der Waals surface area contributed by atoms with Gasteiger partial charge in [0.25, 0.3) is 0 Å². The van der Waals surface area contributed by atoms with Crippen molar-refractivity contribution in [3.05, 3.63) is 47.5 Å². The lowest BCUT2D eigenvalue weighted by Crippen LogP contribution is -1.94. The van der Waals surface area contributed by atoms with E-state index in [9.17, 15) is 4.39 Å². The molecule has 140 valence electrons. The summed E-state index contributed by atoms with van der Waals surface area (Å²) in [5.41, 5.74) is 5.42. The number of H-pyrrole nitrogens is 1. The van der Waals surface area contributed by atoms with Gasteiger partial charge in [-0.25, -0.2) is 14.4 Å². The molecule has 27 heavy (non-hydrogen) atoms. The third kappa shape index (κ3) is 3.05. The Morgan fingerprint density at radius 3 is 2.56 bits per heavy atom. The van der Waals surface area contributed by atoms with E-state index in [-0.39, 0.29) is 7.43 Å². The summed E-state index contributed by atoms with van der Waals surface area (Å²) >= 11 is 0. The fourth-order valence-electron chi connectivity index (χ4n) is 3.27. The summed E-state index contributed by atoms with van der Waals surface area (Å²) in [6.07, 6.45) is 1.13. The van der Waals surface area contributed by atoms with Gasteiger partial charge in [0, 0.05) is 16.7 Å². The molecule has 0 bridgehead atoms. The minimum absolute atomic E-state index is 0. The van der Waals surface area contributed by atoms with Crippen molar-refractivity contribution in [2.45, 2.75) is 28.2 Å². The molecule has 0 aliphatic rings. The van der Waals surface area contributed by atoms with Crippen molar-refractivity contribution in [3.8, 4) is 28.1 Å². The second-order valence-corrected chi connectivity index (χ2v) is 6.15. The van der Waals surface area contributed by atoms with Gasteiger partial charge in [-0.05, 0) is 44.5 Å². The molecule has 7 heteroatoms. The van der Waals surface area contributed by atoms with Crippen molar-refractivity contribution < 1.29 is 13.7 Å². The molecule has 0 spiro atoms. The molecule has 0 saturated carbocycles. The molecule has 1 aromatic carbocycles. The topological polar surface area (TPSA) is 76.8 Å². The van der Waals surface area contributed by atoms with E-state index in [1.54, 1.807) is 0 Å². The van der Waals surface area contributed by atoms with Crippen LogP contribution in [0.3, 0.4) is 0 Å². The lowest BCUT2D eigenvalue weighted by atomic mass is 9.97. The van der Waals surface area contributed by atoms with Crippen LogP contribution in [0.15, 0.2) is 28.9 Å². The number of hydrogen-bond donors (Lipinski definition) is 1. The van der Waals surface area contributed by atoms with Crippen molar-refractivity contribution >= 4 is 11.0 Å². The zero-order valence-electron chi connectivity index (χ0n) is 14.8. The van der Waals surface area contributed by atoms with E-state index in [0.29, 0.717) is 17.2 Å². The minimum Gasteiger partial charge on any atom is -0.481 e. The van der Waals surface area contributed by atoms with Crippen LogP contribution in [-0.4, -0.2) is 27.2 Å². The van der Waals surface area contributed by atoms with Gasteiger partial charge in [-0.15, -0.1) is 0 Å². The Balaban J connectivity index is 0.00000210. The summed E-state index contributed by atoms with van der Waals surface area (Å²) in [4.78, 5) is 11.9. The van der Waals surface area contributed by atoms with Crippen LogP contribution in [0.5, 0.6) is 5.88 Å². The number of fused-ring (bicyclic) bond motifs is 1. The number of nitrogens with zero attached hydrogens (tertiary/aromatic N) is 3. The average molecular weight is 368 g/mol. The van der Waals surface area contributed by atoms with E-state index in [2.05, 4.69) is 20.1 Å². The number of aromatic amines is 1. The normalized spacial score (nSPS) is 10.9. The third-order valence-corrected chi connectivity index (χ3v) is 4.33. The smallest absolute Gasteiger partial charge is 0.221 e. The Morgan fingerprint density at radius 1 is 1.11 bits per heavy atom. The Labute approximate surface area is 156 Å². The summed E-state index contributed by atoms with van der Waals surface area (Å²) in [5, 5.41) is 4.03. The zero-order chi connectivity index (χ0) is 18.4. The molecule has 0 amide bonds. The molecule has 0 unspecified atom stereocenters. The summed E-state index contributed by atoms with van der Waals surface area (Å²) < 4.78 is 24.6. The number of aromatic nitrogens is 4. The van der Waals surface area contributed by atoms with E-state index in [4.69, 9.17) is 9.26 Å². The first kappa shape index (κ1) is 18.6. The van der Waals surface area contributed by atoms with Crippen LogP contribution in [0.1, 0.15) is 24.7 Å².